The minimum Gasteiger partial charge on any atom is -1.00 e. The van der Waals surface area contributed by atoms with Crippen molar-refractivity contribution >= 4 is 28.4 Å². The molecule has 2 nitrogen and oxygen atoms in total. The molecule has 0 atom stereocenters. The molecule has 0 radical (unpaired) electrons. The molecule has 0 fully saturated rings. The number of halogens is 2. The summed E-state index contributed by atoms with van der Waals surface area (Å²) >= 11 is 2.23. The minimum absolute atomic E-state index is 0. The van der Waals surface area contributed by atoms with Crippen molar-refractivity contribution in [1.82, 2.24) is 0 Å². The number of nitrogens with zero attached hydrogens (tertiary/aromatic N) is 1. The lowest BCUT2D eigenvalue weighted by Gasteiger charge is -1.98. The van der Waals surface area contributed by atoms with Gasteiger partial charge in [-0.3, -0.25) is 4.79 Å². The van der Waals surface area contributed by atoms with Gasteiger partial charge in [0.25, 0.3) is 0 Å². The zero-order chi connectivity index (χ0) is 11.4. The zero-order valence-electron chi connectivity index (χ0n) is 9.01. The molecule has 0 saturated heterocycles. The van der Waals surface area contributed by atoms with Crippen LogP contribution in [0.15, 0.2) is 54.9 Å². The molecule has 4 heteroatoms. The van der Waals surface area contributed by atoms with Gasteiger partial charge in [-0.15, -0.1) is 0 Å². The van der Waals surface area contributed by atoms with Crippen LogP contribution in [0.3, 0.4) is 0 Å². The number of carbonyl (C=O) groups excluding carboxylic acids is 1. The second kappa shape index (κ2) is 6.86. The fraction of sp³-hybridized carbons (Fsp3) is 0.0769. The Labute approximate surface area is 125 Å². The van der Waals surface area contributed by atoms with Crippen molar-refractivity contribution in [2.45, 2.75) is 6.54 Å². The number of hydrogen-bond acceptors (Lipinski definition) is 1. The van der Waals surface area contributed by atoms with Gasteiger partial charge in [0.15, 0.2) is 12.4 Å². The third kappa shape index (κ3) is 4.20. The fourth-order valence-corrected chi connectivity index (χ4v) is 1.79. The van der Waals surface area contributed by atoms with Crippen molar-refractivity contribution in [3.8, 4) is 0 Å². The number of ketones is 1. The molecule has 0 aliphatic rings. The highest BCUT2D eigenvalue weighted by Gasteiger charge is 2.10. The van der Waals surface area contributed by atoms with Crippen LogP contribution in [0.5, 0.6) is 0 Å². The van der Waals surface area contributed by atoms with Crippen LogP contribution in [0, 0.1) is 3.57 Å². The summed E-state index contributed by atoms with van der Waals surface area (Å²) in [6.07, 6.45) is 3.79. The average molecular weight is 404 g/mol. The highest BCUT2D eigenvalue weighted by Crippen LogP contribution is 2.07. The van der Waals surface area contributed by atoms with E-state index in [0.717, 1.165) is 9.13 Å². The van der Waals surface area contributed by atoms with Gasteiger partial charge in [-0.05, 0) is 34.7 Å². The van der Waals surface area contributed by atoms with Crippen molar-refractivity contribution in [3.05, 3.63) is 64.0 Å². The van der Waals surface area contributed by atoms with Gasteiger partial charge in [0.1, 0.15) is 0 Å². The first kappa shape index (κ1) is 14.3. The van der Waals surface area contributed by atoms with Gasteiger partial charge in [0.2, 0.25) is 12.3 Å². The molecular formula is C13H11BrINO. The maximum absolute atomic E-state index is 11.9. The summed E-state index contributed by atoms with van der Waals surface area (Å²) in [6.45, 7) is 0.390. The Hall–Kier alpha value is -0.750. The molecule has 0 saturated carbocycles. The predicted octanol–water partition coefficient (Wildman–Crippen LogP) is -0.534. The van der Waals surface area contributed by atoms with Gasteiger partial charge in [-0.25, -0.2) is 0 Å². The van der Waals surface area contributed by atoms with Crippen LogP contribution < -0.4 is 21.5 Å². The van der Waals surface area contributed by atoms with Gasteiger partial charge in [-0.1, -0.05) is 18.2 Å². The molecular weight excluding hydrogens is 393 g/mol. The third-order valence-electron chi connectivity index (χ3n) is 2.27. The minimum atomic E-state index is 0. The van der Waals surface area contributed by atoms with E-state index < -0.39 is 0 Å². The second-order valence-corrected chi connectivity index (χ2v) is 4.72. The average Bonchev–Trinajstić information content (AvgIpc) is 2.31. The number of rotatable bonds is 3. The van der Waals surface area contributed by atoms with Gasteiger partial charge >= 0.3 is 0 Å². The maximum atomic E-state index is 11.9. The summed E-state index contributed by atoms with van der Waals surface area (Å²) in [6, 6.07) is 13.4. The van der Waals surface area contributed by atoms with Crippen LogP contribution in [0.1, 0.15) is 10.4 Å². The Morgan fingerprint density at radius 1 is 1.06 bits per heavy atom. The van der Waals surface area contributed by atoms with Crippen LogP contribution in [-0.2, 0) is 6.54 Å². The molecule has 0 spiro atoms. The summed E-state index contributed by atoms with van der Waals surface area (Å²) < 4.78 is 3.02. The molecule has 0 N–H and O–H groups in total. The van der Waals surface area contributed by atoms with Gasteiger partial charge in [-0.2, -0.15) is 4.57 Å². The first-order valence-corrected chi connectivity index (χ1v) is 6.06. The molecule has 2 rings (SSSR count). The third-order valence-corrected chi connectivity index (χ3v) is 2.99. The van der Waals surface area contributed by atoms with Crippen LogP contribution in [0.25, 0.3) is 0 Å². The van der Waals surface area contributed by atoms with Crippen LogP contribution >= 0.6 is 22.6 Å². The molecule has 2 aromatic rings. The largest absolute Gasteiger partial charge is 1.00 e. The van der Waals surface area contributed by atoms with Gasteiger partial charge < -0.3 is 17.0 Å². The lowest BCUT2D eigenvalue weighted by atomic mass is 10.1. The summed E-state index contributed by atoms with van der Waals surface area (Å²) in [7, 11) is 0. The molecule has 0 unspecified atom stereocenters. The smallest absolute Gasteiger partial charge is 0.227 e. The van der Waals surface area contributed by atoms with Crippen LogP contribution in [-0.4, -0.2) is 5.78 Å². The van der Waals surface area contributed by atoms with E-state index in [9.17, 15) is 4.79 Å². The number of carbonyl (C=O) groups is 1. The van der Waals surface area contributed by atoms with Gasteiger partial charge in [0, 0.05) is 21.3 Å². The first-order valence-electron chi connectivity index (χ1n) is 4.98. The lowest BCUT2D eigenvalue weighted by Crippen LogP contribution is -3.00. The quantitative estimate of drug-likeness (QED) is 0.383. The first-order chi connectivity index (χ1) is 7.75. The Bertz CT molecular complexity index is 485. The van der Waals surface area contributed by atoms with E-state index in [1.807, 2.05) is 59.4 Å². The van der Waals surface area contributed by atoms with E-state index in [-0.39, 0.29) is 22.8 Å². The highest BCUT2D eigenvalue weighted by molar-refractivity contribution is 14.1. The Morgan fingerprint density at radius 2 is 1.65 bits per heavy atom. The fourth-order valence-electron chi connectivity index (χ4n) is 1.43. The molecule has 88 valence electrons. The van der Waals surface area contributed by atoms with E-state index in [0.29, 0.717) is 6.54 Å². The Morgan fingerprint density at radius 3 is 2.24 bits per heavy atom. The molecule has 0 aliphatic carbocycles. The maximum Gasteiger partial charge on any atom is 0.227 e. The molecule has 1 aromatic carbocycles. The number of Topliss-reactive ketones (excluding diaryl/α,β-unsaturated/α-hetero) is 1. The summed E-state index contributed by atoms with van der Waals surface area (Å²) in [4.78, 5) is 11.9. The zero-order valence-corrected chi connectivity index (χ0v) is 12.8. The lowest BCUT2D eigenvalue weighted by molar-refractivity contribution is -0.683. The molecule has 1 aromatic heterocycles. The molecule has 1 heterocycles. The molecule has 0 aliphatic heterocycles. The Balaban J connectivity index is 0.00000144. The van der Waals surface area contributed by atoms with Crippen molar-refractivity contribution < 1.29 is 26.3 Å². The van der Waals surface area contributed by atoms with E-state index in [1.54, 1.807) is 0 Å². The number of aromatic nitrogens is 1. The second-order valence-electron chi connectivity index (χ2n) is 3.48. The van der Waals surface area contributed by atoms with Crippen molar-refractivity contribution in [3.63, 3.8) is 0 Å². The molecule has 17 heavy (non-hydrogen) atoms. The number of pyridine rings is 1. The Kier molecular flexibility index (Phi) is 5.77. The van der Waals surface area contributed by atoms with Crippen LogP contribution in [0.4, 0.5) is 0 Å². The van der Waals surface area contributed by atoms with E-state index in [1.165, 1.54) is 0 Å². The summed E-state index contributed by atoms with van der Waals surface area (Å²) in [5.41, 5.74) is 0.761. The van der Waals surface area contributed by atoms with Crippen LogP contribution in [0.2, 0.25) is 0 Å². The monoisotopic (exact) mass is 403 g/mol. The number of benzene rings is 1. The molecule has 0 bridgehead atoms. The van der Waals surface area contributed by atoms with E-state index >= 15 is 0 Å². The predicted molar refractivity (Wildman–Crippen MR) is 70.1 cm³/mol. The summed E-state index contributed by atoms with van der Waals surface area (Å²) in [5.74, 6) is 0.132. The molecule has 0 amide bonds. The highest BCUT2D eigenvalue weighted by atomic mass is 127. The van der Waals surface area contributed by atoms with Gasteiger partial charge in [0.05, 0.1) is 0 Å². The normalized spacial score (nSPS) is 9.47. The number of hydrogen-bond donors (Lipinski definition) is 0. The van der Waals surface area contributed by atoms with E-state index in [4.69, 9.17) is 0 Å². The van der Waals surface area contributed by atoms with Crippen molar-refractivity contribution in [1.29, 1.82) is 0 Å². The standard InChI is InChI=1S/C13H11INO.BrH/c14-12-6-4-11(5-7-12)13(16)10-15-8-2-1-3-9-15;/h1-9H,10H2;1H/q+1;/p-1. The van der Waals surface area contributed by atoms with Crippen molar-refractivity contribution in [2.75, 3.05) is 0 Å². The summed E-state index contributed by atoms with van der Waals surface area (Å²) in [5, 5.41) is 0. The van der Waals surface area contributed by atoms with Crippen molar-refractivity contribution in [2.24, 2.45) is 0 Å². The van der Waals surface area contributed by atoms with E-state index in [2.05, 4.69) is 22.6 Å². The topological polar surface area (TPSA) is 20.9 Å². The SMILES string of the molecule is O=C(C[n+]1ccccc1)c1ccc(I)cc1.[Br-].